The van der Waals surface area contributed by atoms with Crippen molar-refractivity contribution in [2.24, 2.45) is 9.98 Å². The van der Waals surface area contributed by atoms with Gasteiger partial charge in [0.2, 0.25) is 0 Å². The molecule has 6 heteroatoms. The molecule has 0 aliphatic carbocycles. The second-order valence-electron chi connectivity index (χ2n) is 14.7. The molecule has 232 valence electrons. The van der Waals surface area contributed by atoms with E-state index in [9.17, 15) is 10.1 Å². The second kappa shape index (κ2) is 9.91. The summed E-state index contributed by atoms with van der Waals surface area (Å²) in [6.45, 7) is 15.8. The molecule has 0 amide bonds. The van der Waals surface area contributed by atoms with Crippen LogP contribution in [-0.2, 0) is 0 Å². The minimum absolute atomic E-state index is 0.478. The summed E-state index contributed by atoms with van der Waals surface area (Å²) in [5.74, 6) is 0.955. The predicted octanol–water partition coefficient (Wildman–Crippen LogP) is 9.54. The zero-order valence-corrected chi connectivity index (χ0v) is 27.8. The number of benzene rings is 5. The fourth-order valence-corrected chi connectivity index (χ4v) is 6.61. The molecule has 5 aromatic rings. The third-order valence-corrected chi connectivity index (χ3v) is 11.0. The van der Waals surface area contributed by atoms with E-state index in [0.29, 0.717) is 11.7 Å². The van der Waals surface area contributed by atoms with Gasteiger partial charge in [0.25, 0.3) is 0 Å². The fraction of sp³-hybridized carbons (Fsp3) is 0.300. The maximum absolute atomic E-state index is 13.3. The number of aliphatic imine (C=N–C) groups is 2. The first-order valence-electron chi connectivity index (χ1n) is 16.0. The smallest absolute Gasteiger partial charge is 0.364 e. The SMILES string of the molecule is CC1(C)N=C(c2ccc(-c3c4ccccc4c(-c4ccc(C5=NC(C)(C)C(C)(C)[N+]5=O)cc4)c4ccccc34)cc2)N([O-])C1(C)C. The van der Waals surface area contributed by atoms with Crippen LogP contribution in [0.1, 0.15) is 66.5 Å². The molecule has 0 N–H and O–H groups in total. The van der Waals surface area contributed by atoms with Gasteiger partial charge in [0.05, 0.1) is 11.1 Å². The van der Waals surface area contributed by atoms with Gasteiger partial charge < -0.3 is 10.3 Å². The normalized spacial score (nSPS) is 19.5. The average molecular weight is 609 g/mol. The molecule has 46 heavy (non-hydrogen) atoms. The Bertz CT molecular complexity index is 2060. The van der Waals surface area contributed by atoms with Crippen molar-refractivity contribution in [3.63, 3.8) is 0 Å². The minimum Gasteiger partial charge on any atom is -0.757 e. The minimum atomic E-state index is -0.631. The molecule has 2 aliphatic heterocycles. The summed E-state index contributed by atoms with van der Waals surface area (Å²) in [6, 6.07) is 33.5. The van der Waals surface area contributed by atoms with Crippen LogP contribution in [-0.4, -0.2) is 43.7 Å². The molecule has 0 unspecified atom stereocenters. The molecule has 2 aliphatic rings. The van der Waals surface area contributed by atoms with Crippen LogP contribution in [0.2, 0.25) is 0 Å². The van der Waals surface area contributed by atoms with E-state index in [1.165, 1.54) is 0 Å². The molecule has 0 atom stereocenters. The molecule has 2 heterocycles. The van der Waals surface area contributed by atoms with Crippen molar-refractivity contribution in [3.8, 4) is 22.3 Å². The Morgan fingerprint density at radius 2 is 0.935 bits per heavy atom. The predicted molar refractivity (Wildman–Crippen MR) is 191 cm³/mol. The van der Waals surface area contributed by atoms with E-state index >= 15 is 0 Å². The highest BCUT2D eigenvalue weighted by molar-refractivity contribution is 6.21. The third-order valence-electron chi connectivity index (χ3n) is 11.0. The Hall–Kier alpha value is -4.68. The van der Waals surface area contributed by atoms with E-state index in [1.54, 1.807) is 0 Å². The monoisotopic (exact) mass is 608 g/mol. The van der Waals surface area contributed by atoms with E-state index in [4.69, 9.17) is 9.98 Å². The van der Waals surface area contributed by atoms with Crippen LogP contribution in [0, 0.1) is 10.1 Å². The van der Waals surface area contributed by atoms with Crippen LogP contribution in [0.3, 0.4) is 0 Å². The van der Waals surface area contributed by atoms with E-state index in [1.807, 2.05) is 79.7 Å². The Kier molecular flexibility index (Phi) is 6.46. The Morgan fingerprint density at radius 3 is 1.28 bits per heavy atom. The van der Waals surface area contributed by atoms with E-state index in [2.05, 4.69) is 72.8 Å². The maximum Gasteiger partial charge on any atom is 0.364 e. The van der Waals surface area contributed by atoms with Gasteiger partial charge in [0.1, 0.15) is 5.84 Å². The maximum atomic E-state index is 13.3. The summed E-state index contributed by atoms with van der Waals surface area (Å²) in [4.78, 5) is 22.9. The number of rotatable bonds is 4. The molecule has 0 saturated carbocycles. The number of hydrogen-bond donors (Lipinski definition) is 0. The van der Waals surface area contributed by atoms with Crippen LogP contribution in [0.15, 0.2) is 107 Å². The Morgan fingerprint density at radius 1 is 0.543 bits per heavy atom. The van der Waals surface area contributed by atoms with Crippen LogP contribution < -0.4 is 0 Å². The summed E-state index contributed by atoms with van der Waals surface area (Å²) in [6.07, 6.45) is 0. The van der Waals surface area contributed by atoms with E-state index < -0.39 is 22.2 Å². The molecule has 7 rings (SSSR count). The first-order valence-corrected chi connectivity index (χ1v) is 16.0. The summed E-state index contributed by atoms with van der Waals surface area (Å²) in [7, 11) is 0. The lowest BCUT2D eigenvalue weighted by Crippen LogP contribution is -2.50. The zero-order chi connectivity index (χ0) is 32.8. The third kappa shape index (κ3) is 4.19. The Balaban J connectivity index is 1.35. The number of fused-ring (bicyclic) bond motifs is 2. The fourth-order valence-electron chi connectivity index (χ4n) is 6.61. The first kappa shape index (κ1) is 30.0. The number of hydroxylamine groups is 2. The first-order chi connectivity index (χ1) is 21.7. The molecular formula is C40H40N4O2. The average Bonchev–Trinajstić information content (AvgIpc) is 3.31. The van der Waals surface area contributed by atoms with Gasteiger partial charge in [-0.3, -0.25) is 4.99 Å². The van der Waals surface area contributed by atoms with Crippen molar-refractivity contribution in [3.05, 3.63) is 118 Å². The highest BCUT2D eigenvalue weighted by Crippen LogP contribution is 2.45. The van der Waals surface area contributed by atoms with Crippen molar-refractivity contribution in [2.75, 3.05) is 0 Å². The highest BCUT2D eigenvalue weighted by atomic mass is 16.5. The lowest BCUT2D eigenvalue weighted by atomic mass is 9.84. The van der Waals surface area contributed by atoms with Gasteiger partial charge in [-0.2, -0.15) is 0 Å². The summed E-state index contributed by atoms with van der Waals surface area (Å²) in [5.41, 5.74) is 3.85. The van der Waals surface area contributed by atoms with Gasteiger partial charge in [0, 0.05) is 11.1 Å². The summed E-state index contributed by atoms with van der Waals surface area (Å²) in [5, 5.41) is 18.9. The van der Waals surface area contributed by atoms with Crippen LogP contribution in [0.4, 0.5) is 0 Å². The van der Waals surface area contributed by atoms with Gasteiger partial charge in [0.15, 0.2) is 11.1 Å². The number of nitrogens with zero attached hydrogens (tertiary/aromatic N) is 4. The van der Waals surface area contributed by atoms with Crippen LogP contribution in [0.5, 0.6) is 0 Å². The molecule has 0 spiro atoms. The molecule has 0 fully saturated rings. The quantitative estimate of drug-likeness (QED) is 0.151. The van der Waals surface area contributed by atoms with Crippen molar-refractivity contribution >= 4 is 33.2 Å². The van der Waals surface area contributed by atoms with E-state index in [-0.39, 0.29) is 0 Å². The van der Waals surface area contributed by atoms with Gasteiger partial charge in [-0.25, -0.2) is 0 Å². The lowest BCUT2D eigenvalue weighted by molar-refractivity contribution is -0.514. The van der Waals surface area contributed by atoms with Crippen molar-refractivity contribution in [1.29, 1.82) is 0 Å². The molecular weight excluding hydrogens is 568 g/mol. The van der Waals surface area contributed by atoms with Crippen molar-refractivity contribution < 1.29 is 4.76 Å². The van der Waals surface area contributed by atoms with Crippen LogP contribution in [0.25, 0.3) is 43.8 Å². The van der Waals surface area contributed by atoms with Crippen molar-refractivity contribution in [2.45, 2.75) is 77.5 Å². The zero-order valence-electron chi connectivity index (χ0n) is 27.8. The topological polar surface area (TPSA) is 71.1 Å². The number of hydrogen-bond acceptors (Lipinski definition) is 5. The molecule has 0 radical (unpaired) electrons. The van der Waals surface area contributed by atoms with E-state index in [0.717, 1.165) is 64.7 Å². The Labute approximate surface area is 270 Å². The standard InChI is InChI=1S/C40H40N4O2/c1-37(2)39(5,6)43(45)35(41-37)27-21-17-25(18-22-27)33-29-13-9-11-15-31(29)34(32-16-12-10-14-30(32)33)26-19-23-28(24-20-26)36-42-38(3,4)40(7,8)44(36)46/h9-24H,1-8H3. The highest BCUT2D eigenvalue weighted by Gasteiger charge is 2.59. The van der Waals surface area contributed by atoms with Gasteiger partial charge in [-0.1, -0.05) is 94.8 Å². The number of nitroso groups, excluding NO2 is 1. The van der Waals surface area contributed by atoms with Crippen LogP contribution >= 0.6 is 0 Å². The summed E-state index contributed by atoms with van der Waals surface area (Å²) >= 11 is 0. The molecule has 0 bridgehead atoms. The molecule has 5 aromatic carbocycles. The molecule has 0 saturated heterocycles. The number of amidine groups is 2. The van der Waals surface area contributed by atoms with Gasteiger partial charge in [-0.05, 0) is 116 Å². The second-order valence-corrected chi connectivity index (χ2v) is 14.7. The molecule has 0 aromatic heterocycles. The van der Waals surface area contributed by atoms with Gasteiger partial charge in [-0.15, -0.1) is 0 Å². The largest absolute Gasteiger partial charge is 0.757 e. The van der Waals surface area contributed by atoms with Gasteiger partial charge >= 0.3 is 5.84 Å². The summed E-state index contributed by atoms with van der Waals surface area (Å²) < 4.78 is 1.06. The van der Waals surface area contributed by atoms with Crippen molar-refractivity contribution in [1.82, 2.24) is 5.06 Å². The molecule has 6 nitrogen and oxygen atoms in total. The lowest BCUT2D eigenvalue weighted by Gasteiger charge is -2.45.